The van der Waals surface area contributed by atoms with Crippen molar-refractivity contribution in [3.05, 3.63) is 0 Å². The highest BCUT2D eigenvalue weighted by Gasteiger charge is 2.34. The van der Waals surface area contributed by atoms with Crippen LogP contribution < -0.4 is 11.1 Å². The van der Waals surface area contributed by atoms with Gasteiger partial charge in [0.25, 0.3) is 0 Å². The maximum absolute atomic E-state index is 12.5. The predicted octanol–water partition coefficient (Wildman–Crippen LogP) is 0.572. The summed E-state index contributed by atoms with van der Waals surface area (Å²) in [5.74, 6) is 1.07. The van der Waals surface area contributed by atoms with Crippen molar-refractivity contribution in [1.29, 1.82) is 0 Å². The lowest BCUT2D eigenvalue weighted by atomic mass is 9.88. The van der Waals surface area contributed by atoms with E-state index in [1.165, 1.54) is 6.42 Å². The summed E-state index contributed by atoms with van der Waals surface area (Å²) in [6.07, 6.45) is 4.49. The normalized spacial score (nSPS) is 34.7. The van der Waals surface area contributed by atoms with Crippen LogP contribution in [0.2, 0.25) is 0 Å². The molecule has 0 radical (unpaired) electrons. The van der Waals surface area contributed by atoms with E-state index in [0.717, 1.165) is 38.9 Å². The summed E-state index contributed by atoms with van der Waals surface area (Å²) in [7, 11) is 0. The Bertz CT molecular complexity index is 263. The van der Waals surface area contributed by atoms with Gasteiger partial charge in [-0.05, 0) is 38.1 Å². The zero-order valence-electron chi connectivity index (χ0n) is 10.8. The molecule has 3 unspecified atom stereocenters. The number of hydrogen-bond acceptors (Lipinski definition) is 3. The third-order valence-electron chi connectivity index (χ3n) is 4.29. The van der Waals surface area contributed by atoms with Crippen LogP contribution in [-0.2, 0) is 4.79 Å². The van der Waals surface area contributed by atoms with Gasteiger partial charge in [-0.15, -0.1) is 0 Å². The summed E-state index contributed by atoms with van der Waals surface area (Å²) in [6.45, 7) is 5.63. The number of carbonyl (C=O) groups is 1. The number of likely N-dealkylation sites (tertiary alicyclic amines) is 1. The number of nitrogens with two attached hydrogens (primary N) is 1. The predicted molar refractivity (Wildman–Crippen MR) is 68.5 cm³/mol. The molecule has 2 rings (SSSR count). The van der Waals surface area contributed by atoms with Crippen molar-refractivity contribution in [3.63, 3.8) is 0 Å². The van der Waals surface area contributed by atoms with Crippen molar-refractivity contribution in [2.24, 2.45) is 17.6 Å². The summed E-state index contributed by atoms with van der Waals surface area (Å²) in [6, 6.07) is 0.262. The first kappa shape index (κ1) is 12.8. The van der Waals surface area contributed by atoms with Gasteiger partial charge in [0.2, 0.25) is 5.91 Å². The number of rotatable bonds is 2. The minimum atomic E-state index is 0.183. The molecule has 2 aliphatic heterocycles. The van der Waals surface area contributed by atoms with Crippen LogP contribution in [0, 0.1) is 11.8 Å². The van der Waals surface area contributed by atoms with Crippen LogP contribution >= 0.6 is 0 Å². The van der Waals surface area contributed by atoms with Crippen molar-refractivity contribution >= 4 is 5.91 Å². The van der Waals surface area contributed by atoms with Crippen LogP contribution in [0.3, 0.4) is 0 Å². The Morgan fingerprint density at radius 3 is 2.88 bits per heavy atom. The third-order valence-corrected chi connectivity index (χ3v) is 4.29. The Labute approximate surface area is 104 Å². The molecule has 1 amide bonds. The van der Waals surface area contributed by atoms with Crippen LogP contribution in [0.4, 0.5) is 0 Å². The number of hydrogen-bond donors (Lipinski definition) is 2. The van der Waals surface area contributed by atoms with Crippen molar-refractivity contribution in [3.8, 4) is 0 Å². The molecule has 4 nitrogen and oxygen atoms in total. The van der Waals surface area contributed by atoms with E-state index in [4.69, 9.17) is 5.73 Å². The number of nitrogens with one attached hydrogen (secondary N) is 1. The molecule has 0 spiro atoms. The highest BCUT2D eigenvalue weighted by Crippen LogP contribution is 2.25. The van der Waals surface area contributed by atoms with E-state index in [2.05, 4.69) is 17.1 Å². The maximum Gasteiger partial charge on any atom is 0.227 e. The first-order chi connectivity index (χ1) is 8.24. The summed E-state index contributed by atoms with van der Waals surface area (Å²) in [5.41, 5.74) is 5.84. The summed E-state index contributed by atoms with van der Waals surface area (Å²) >= 11 is 0. The molecule has 3 N–H and O–H groups in total. The molecule has 0 bridgehead atoms. The molecule has 98 valence electrons. The molecule has 0 aromatic rings. The van der Waals surface area contributed by atoms with Gasteiger partial charge in [-0.3, -0.25) is 4.79 Å². The molecule has 2 fully saturated rings. The molecule has 0 saturated carbocycles. The third kappa shape index (κ3) is 2.80. The minimum Gasteiger partial charge on any atom is -0.338 e. The lowest BCUT2D eigenvalue weighted by molar-refractivity contribution is -0.141. The maximum atomic E-state index is 12.5. The number of nitrogens with zero attached hydrogens (tertiary/aromatic N) is 1. The van der Waals surface area contributed by atoms with Crippen molar-refractivity contribution in [2.45, 2.75) is 38.6 Å². The van der Waals surface area contributed by atoms with Gasteiger partial charge < -0.3 is 16.0 Å². The molecule has 0 aromatic carbocycles. The Morgan fingerprint density at radius 1 is 1.41 bits per heavy atom. The molecule has 2 aliphatic rings. The van der Waals surface area contributed by atoms with E-state index in [9.17, 15) is 4.79 Å². The van der Waals surface area contributed by atoms with Crippen molar-refractivity contribution in [1.82, 2.24) is 10.2 Å². The van der Waals surface area contributed by atoms with Crippen molar-refractivity contribution < 1.29 is 4.79 Å². The Morgan fingerprint density at radius 2 is 2.24 bits per heavy atom. The lowest BCUT2D eigenvalue weighted by Gasteiger charge is -2.41. The van der Waals surface area contributed by atoms with E-state index in [1.54, 1.807) is 0 Å². The fourth-order valence-corrected chi connectivity index (χ4v) is 3.18. The van der Waals surface area contributed by atoms with Gasteiger partial charge in [0, 0.05) is 25.7 Å². The second kappa shape index (κ2) is 5.83. The Balaban J connectivity index is 2.00. The zero-order valence-corrected chi connectivity index (χ0v) is 10.8. The quantitative estimate of drug-likeness (QED) is 0.741. The largest absolute Gasteiger partial charge is 0.338 e. The molecule has 0 aliphatic carbocycles. The topological polar surface area (TPSA) is 58.4 Å². The van der Waals surface area contributed by atoms with Crippen LogP contribution in [-0.4, -0.2) is 43.0 Å². The molecular weight excluding hydrogens is 214 g/mol. The average Bonchev–Trinajstić information content (AvgIpc) is 2.38. The number of carbonyl (C=O) groups excluding carboxylic acids is 1. The molecular formula is C13H25N3O. The van der Waals surface area contributed by atoms with Gasteiger partial charge in [-0.1, -0.05) is 6.92 Å². The standard InChI is InChI=1S/C13H25N3O/c1-10-4-3-7-16(12(10)8-14)13(17)11-5-2-6-15-9-11/h10-12,15H,2-9,14H2,1H3. The van der Waals surface area contributed by atoms with E-state index >= 15 is 0 Å². The molecule has 3 atom stereocenters. The lowest BCUT2D eigenvalue weighted by Crippen LogP contribution is -2.54. The van der Waals surface area contributed by atoms with Crippen LogP contribution in [0.25, 0.3) is 0 Å². The van der Waals surface area contributed by atoms with E-state index in [1.807, 2.05) is 0 Å². The molecule has 4 heteroatoms. The first-order valence-corrected chi connectivity index (χ1v) is 6.95. The summed E-state index contributed by atoms with van der Waals surface area (Å²) in [4.78, 5) is 14.6. The van der Waals surface area contributed by atoms with Gasteiger partial charge in [-0.2, -0.15) is 0 Å². The Kier molecular flexibility index (Phi) is 4.40. The average molecular weight is 239 g/mol. The monoisotopic (exact) mass is 239 g/mol. The van der Waals surface area contributed by atoms with Crippen molar-refractivity contribution in [2.75, 3.05) is 26.2 Å². The SMILES string of the molecule is CC1CCCN(C(=O)C2CCCNC2)C1CN. The van der Waals surface area contributed by atoms with Gasteiger partial charge >= 0.3 is 0 Å². The molecule has 2 saturated heterocycles. The smallest absolute Gasteiger partial charge is 0.227 e. The molecule has 0 aromatic heterocycles. The van der Waals surface area contributed by atoms with E-state index < -0.39 is 0 Å². The Hall–Kier alpha value is -0.610. The minimum absolute atomic E-state index is 0.183. The summed E-state index contributed by atoms with van der Waals surface area (Å²) in [5, 5.41) is 3.32. The zero-order chi connectivity index (χ0) is 12.3. The van der Waals surface area contributed by atoms with E-state index in [0.29, 0.717) is 18.4 Å². The highest BCUT2D eigenvalue weighted by molar-refractivity contribution is 5.79. The summed E-state index contributed by atoms with van der Waals surface area (Å²) < 4.78 is 0. The molecule has 17 heavy (non-hydrogen) atoms. The van der Waals surface area contributed by atoms with Gasteiger partial charge in [-0.25, -0.2) is 0 Å². The van der Waals surface area contributed by atoms with Gasteiger partial charge in [0.05, 0.1) is 5.92 Å². The van der Waals surface area contributed by atoms with Gasteiger partial charge in [0.1, 0.15) is 0 Å². The molecule has 2 heterocycles. The van der Waals surface area contributed by atoms with Crippen LogP contribution in [0.5, 0.6) is 0 Å². The van der Waals surface area contributed by atoms with E-state index in [-0.39, 0.29) is 12.0 Å². The fourth-order valence-electron chi connectivity index (χ4n) is 3.18. The van der Waals surface area contributed by atoms with Crippen LogP contribution in [0.15, 0.2) is 0 Å². The highest BCUT2D eigenvalue weighted by atomic mass is 16.2. The van der Waals surface area contributed by atoms with Gasteiger partial charge in [0.15, 0.2) is 0 Å². The first-order valence-electron chi connectivity index (χ1n) is 6.95. The van der Waals surface area contributed by atoms with Crippen LogP contribution in [0.1, 0.15) is 32.6 Å². The second-order valence-electron chi connectivity index (χ2n) is 5.50. The number of amides is 1. The number of piperidine rings is 2. The second-order valence-corrected chi connectivity index (χ2v) is 5.50. The fraction of sp³-hybridized carbons (Fsp3) is 0.923.